The van der Waals surface area contributed by atoms with Crippen LogP contribution in [0.4, 0.5) is 23.0 Å². The van der Waals surface area contributed by atoms with Crippen molar-refractivity contribution in [1.82, 2.24) is 19.4 Å². The van der Waals surface area contributed by atoms with Gasteiger partial charge in [0.05, 0.1) is 28.9 Å². The summed E-state index contributed by atoms with van der Waals surface area (Å²) in [6.07, 6.45) is 8.81. The Morgan fingerprint density at radius 1 is 1.24 bits per heavy atom. The van der Waals surface area contributed by atoms with Crippen molar-refractivity contribution in [1.29, 1.82) is 0 Å². The largest absolute Gasteiger partial charge is 0.466 e. The molecule has 0 atom stereocenters. The Morgan fingerprint density at radius 3 is 2.79 bits per heavy atom. The van der Waals surface area contributed by atoms with E-state index in [0.717, 1.165) is 42.4 Å². The molecule has 0 unspecified atom stereocenters. The highest BCUT2D eigenvalue weighted by Crippen LogP contribution is 2.38. The fourth-order valence-electron chi connectivity index (χ4n) is 5.32. The standard InChI is InChI=1S/C31H35N7O4/c1-20-16-26(36(4)15-14-35(2)3)27(38(40)41)17-25(20)33-31-32-18-22(11-12-28(39)42-5)29(34-31)24-19-37-13-7-9-21-8-6-10-23(24)30(21)37/h6,8,10-12,16-19H,7,9,13-15H2,1-5H3,(H,32,33,34). The van der Waals surface area contributed by atoms with Gasteiger partial charge in [0.1, 0.15) is 5.69 Å². The summed E-state index contributed by atoms with van der Waals surface area (Å²) in [5, 5.41) is 16.4. The van der Waals surface area contributed by atoms with Crippen LogP contribution >= 0.6 is 0 Å². The molecule has 0 saturated carbocycles. The van der Waals surface area contributed by atoms with E-state index >= 15 is 0 Å². The number of benzene rings is 2. The maximum Gasteiger partial charge on any atom is 0.330 e. The average Bonchev–Trinajstić information content (AvgIpc) is 3.35. The van der Waals surface area contributed by atoms with Crippen molar-refractivity contribution < 1.29 is 14.5 Å². The van der Waals surface area contributed by atoms with Crippen LogP contribution in [0.1, 0.15) is 23.1 Å². The first kappa shape index (κ1) is 28.7. The Hall–Kier alpha value is -4.77. The van der Waals surface area contributed by atoms with Crippen LogP contribution in [0.15, 0.2) is 48.8 Å². The zero-order valence-corrected chi connectivity index (χ0v) is 24.5. The van der Waals surface area contributed by atoms with Gasteiger partial charge < -0.3 is 24.4 Å². The van der Waals surface area contributed by atoms with E-state index in [-0.39, 0.29) is 10.6 Å². The van der Waals surface area contributed by atoms with E-state index < -0.39 is 5.97 Å². The lowest BCUT2D eigenvalue weighted by Crippen LogP contribution is -2.29. The second-order valence-corrected chi connectivity index (χ2v) is 10.8. The Labute approximate surface area is 244 Å². The zero-order valence-electron chi connectivity index (χ0n) is 24.5. The van der Waals surface area contributed by atoms with Crippen LogP contribution < -0.4 is 10.2 Å². The van der Waals surface area contributed by atoms with Gasteiger partial charge in [0, 0.05) is 67.7 Å². The van der Waals surface area contributed by atoms with Gasteiger partial charge in [-0.05, 0) is 57.1 Å². The minimum atomic E-state index is -0.482. The molecule has 11 nitrogen and oxygen atoms in total. The minimum Gasteiger partial charge on any atom is -0.466 e. The van der Waals surface area contributed by atoms with Gasteiger partial charge in [0.15, 0.2) is 0 Å². The minimum absolute atomic E-state index is 0.00352. The van der Waals surface area contributed by atoms with Gasteiger partial charge in [-0.25, -0.2) is 14.8 Å². The number of methoxy groups -OCH3 is 1. The molecule has 0 bridgehead atoms. The fraction of sp³-hybridized carbons (Fsp3) is 0.323. The molecule has 4 aromatic rings. The Kier molecular flexibility index (Phi) is 8.21. The molecular weight excluding hydrogens is 534 g/mol. The lowest BCUT2D eigenvalue weighted by Gasteiger charge is -2.22. The number of rotatable bonds is 10. The second-order valence-electron chi connectivity index (χ2n) is 10.8. The van der Waals surface area contributed by atoms with E-state index in [4.69, 9.17) is 9.72 Å². The van der Waals surface area contributed by atoms with Crippen LogP contribution in [-0.2, 0) is 22.5 Å². The summed E-state index contributed by atoms with van der Waals surface area (Å²) < 4.78 is 7.04. The van der Waals surface area contributed by atoms with Crippen molar-refractivity contribution in [3.8, 4) is 11.3 Å². The van der Waals surface area contributed by atoms with Crippen molar-refractivity contribution in [2.24, 2.45) is 0 Å². The van der Waals surface area contributed by atoms with Crippen LogP contribution in [0.2, 0.25) is 0 Å². The predicted octanol–water partition coefficient (Wildman–Crippen LogP) is 5.19. The third-order valence-corrected chi connectivity index (χ3v) is 7.56. The van der Waals surface area contributed by atoms with Gasteiger partial charge in [0.25, 0.3) is 5.69 Å². The highest BCUT2D eigenvalue weighted by molar-refractivity contribution is 5.99. The molecule has 42 heavy (non-hydrogen) atoms. The number of nitrogens with zero attached hydrogens (tertiary/aromatic N) is 6. The van der Waals surface area contributed by atoms with Gasteiger partial charge in [-0.15, -0.1) is 0 Å². The molecule has 1 aliphatic rings. The summed E-state index contributed by atoms with van der Waals surface area (Å²) in [5.74, 6) is -0.192. The Morgan fingerprint density at radius 2 is 2.05 bits per heavy atom. The van der Waals surface area contributed by atoms with Crippen molar-refractivity contribution in [3.05, 3.63) is 75.6 Å². The van der Waals surface area contributed by atoms with Crippen LogP contribution in [-0.4, -0.2) is 71.7 Å². The smallest absolute Gasteiger partial charge is 0.330 e. The van der Waals surface area contributed by atoms with E-state index in [1.54, 1.807) is 12.3 Å². The summed E-state index contributed by atoms with van der Waals surface area (Å²) >= 11 is 0. The summed E-state index contributed by atoms with van der Waals surface area (Å²) in [7, 11) is 7.12. The molecule has 0 radical (unpaired) electrons. The molecule has 11 heteroatoms. The highest BCUT2D eigenvalue weighted by Gasteiger charge is 2.22. The van der Waals surface area contributed by atoms with Crippen molar-refractivity contribution in [2.45, 2.75) is 26.3 Å². The number of aryl methyl sites for hydroxylation is 3. The zero-order chi connectivity index (χ0) is 30.0. The SMILES string of the molecule is COC(=O)C=Cc1cnc(Nc2cc([N+](=O)[O-])c(N(C)CCN(C)C)cc2C)nc1-c1cn2c3c(cccc13)CCC2. The molecule has 0 spiro atoms. The molecule has 3 heterocycles. The number of para-hydroxylation sites is 1. The number of anilines is 3. The average molecular weight is 570 g/mol. The number of carbonyl (C=O) groups excluding carboxylic acids is 1. The van der Waals surface area contributed by atoms with E-state index in [0.29, 0.717) is 35.1 Å². The third kappa shape index (κ3) is 5.82. The van der Waals surface area contributed by atoms with Crippen LogP contribution in [0.5, 0.6) is 0 Å². The number of likely N-dealkylation sites (N-methyl/N-ethyl adjacent to an activating group) is 2. The summed E-state index contributed by atoms with van der Waals surface area (Å²) in [4.78, 5) is 36.9. The Bertz CT molecular complexity index is 1690. The number of nitro groups is 1. The molecule has 1 N–H and O–H groups in total. The van der Waals surface area contributed by atoms with E-state index in [1.165, 1.54) is 30.3 Å². The monoisotopic (exact) mass is 569 g/mol. The number of ether oxygens (including phenoxy) is 1. The molecular formula is C31H35N7O4. The lowest BCUT2D eigenvalue weighted by atomic mass is 10.0. The first-order chi connectivity index (χ1) is 20.2. The lowest BCUT2D eigenvalue weighted by molar-refractivity contribution is -0.384. The molecule has 1 aliphatic heterocycles. The number of hydrogen-bond acceptors (Lipinski definition) is 9. The molecule has 218 valence electrons. The highest BCUT2D eigenvalue weighted by atomic mass is 16.6. The molecule has 0 aliphatic carbocycles. The molecule has 0 fully saturated rings. The quantitative estimate of drug-likeness (QED) is 0.119. The number of nitro benzene ring substituents is 1. The number of aromatic nitrogens is 3. The maximum atomic E-state index is 12.1. The normalized spacial score (nSPS) is 12.7. The Balaban J connectivity index is 1.57. The van der Waals surface area contributed by atoms with Crippen molar-refractivity contribution >= 4 is 46.0 Å². The number of esters is 1. The van der Waals surface area contributed by atoms with Crippen LogP contribution in [0, 0.1) is 17.0 Å². The molecule has 0 saturated heterocycles. The van der Waals surface area contributed by atoms with Crippen molar-refractivity contribution in [2.75, 3.05) is 51.6 Å². The summed E-state index contributed by atoms with van der Waals surface area (Å²) in [6.45, 7) is 4.21. The second kappa shape index (κ2) is 12.0. The number of carbonyl (C=O) groups is 1. The molecule has 2 aromatic carbocycles. The van der Waals surface area contributed by atoms with Gasteiger partial charge in [0.2, 0.25) is 5.95 Å². The van der Waals surface area contributed by atoms with Gasteiger partial charge in [-0.1, -0.05) is 18.2 Å². The predicted molar refractivity (Wildman–Crippen MR) is 165 cm³/mol. The van der Waals surface area contributed by atoms with Gasteiger partial charge in [-0.3, -0.25) is 10.1 Å². The molecule has 0 amide bonds. The molecule has 5 rings (SSSR count). The maximum absolute atomic E-state index is 12.1. The van der Waals surface area contributed by atoms with E-state index in [2.05, 4.69) is 39.3 Å². The summed E-state index contributed by atoms with van der Waals surface area (Å²) in [6, 6.07) is 9.64. The van der Waals surface area contributed by atoms with E-state index in [9.17, 15) is 14.9 Å². The van der Waals surface area contributed by atoms with Gasteiger partial charge in [-0.2, -0.15) is 0 Å². The summed E-state index contributed by atoms with van der Waals surface area (Å²) in [5.41, 5.74) is 6.59. The third-order valence-electron chi connectivity index (χ3n) is 7.56. The number of nitrogens with one attached hydrogen (secondary N) is 1. The van der Waals surface area contributed by atoms with Gasteiger partial charge >= 0.3 is 5.97 Å². The van der Waals surface area contributed by atoms with E-state index in [1.807, 2.05) is 43.9 Å². The fourth-order valence-corrected chi connectivity index (χ4v) is 5.32. The van der Waals surface area contributed by atoms with Crippen LogP contribution in [0.25, 0.3) is 28.2 Å². The number of hydrogen-bond donors (Lipinski definition) is 1. The first-order valence-corrected chi connectivity index (χ1v) is 13.8. The molecule has 2 aromatic heterocycles. The van der Waals surface area contributed by atoms with Crippen molar-refractivity contribution in [3.63, 3.8) is 0 Å². The first-order valence-electron chi connectivity index (χ1n) is 13.8. The topological polar surface area (TPSA) is 119 Å². The van der Waals surface area contributed by atoms with Crippen LogP contribution in [0.3, 0.4) is 0 Å².